The predicted molar refractivity (Wildman–Crippen MR) is 163 cm³/mol. The third-order valence-electron chi connectivity index (χ3n) is 8.57. The van der Waals surface area contributed by atoms with E-state index in [2.05, 4.69) is 0 Å². The molecule has 6 heteroatoms. The topological polar surface area (TPSA) is 77.4 Å². The molecule has 42 heavy (non-hydrogen) atoms. The summed E-state index contributed by atoms with van der Waals surface area (Å²) in [5, 5.41) is 23.9. The van der Waals surface area contributed by atoms with Crippen molar-refractivity contribution in [2.24, 2.45) is 0 Å². The van der Waals surface area contributed by atoms with Gasteiger partial charge in [-0.05, 0) is 71.5 Å². The lowest BCUT2D eigenvalue weighted by Crippen LogP contribution is -2.35. The summed E-state index contributed by atoms with van der Waals surface area (Å²) in [6.07, 6.45) is 4.07. The van der Waals surface area contributed by atoms with Gasteiger partial charge in [-0.2, -0.15) is 0 Å². The van der Waals surface area contributed by atoms with Crippen molar-refractivity contribution in [3.63, 3.8) is 0 Å². The van der Waals surface area contributed by atoms with Crippen molar-refractivity contribution in [1.82, 2.24) is 0 Å². The smallest absolute Gasteiger partial charge is 0.178 e. The highest BCUT2D eigenvalue weighted by molar-refractivity contribution is 6.09. The lowest BCUT2D eigenvalue weighted by Gasteiger charge is -2.38. The second kappa shape index (κ2) is 9.29. The van der Waals surface area contributed by atoms with E-state index >= 15 is 0 Å². The number of ether oxygens (including phenoxy) is 4. The normalized spacial score (nSPS) is 19.9. The van der Waals surface area contributed by atoms with Gasteiger partial charge in [0.1, 0.15) is 22.8 Å². The number of hydrogen-bond acceptors (Lipinski definition) is 6. The Labute approximate surface area is 244 Å². The Morgan fingerprint density at radius 2 is 1.36 bits per heavy atom. The van der Waals surface area contributed by atoms with Crippen LogP contribution in [0.4, 0.5) is 0 Å². The van der Waals surface area contributed by atoms with Gasteiger partial charge in [-0.3, -0.25) is 0 Å². The molecule has 210 valence electrons. The highest BCUT2D eigenvalue weighted by Crippen LogP contribution is 2.58. The van der Waals surface area contributed by atoms with Gasteiger partial charge >= 0.3 is 0 Å². The summed E-state index contributed by atoms with van der Waals surface area (Å²) in [4.78, 5) is 0. The molecule has 0 saturated carbocycles. The maximum atomic E-state index is 12.1. The van der Waals surface area contributed by atoms with Gasteiger partial charge in [0.2, 0.25) is 0 Å². The maximum absolute atomic E-state index is 12.1. The monoisotopic (exact) mass is 558 g/mol. The molecule has 2 unspecified atom stereocenters. The first kappa shape index (κ1) is 26.0. The highest BCUT2D eigenvalue weighted by atomic mass is 16.5. The van der Waals surface area contributed by atoms with Crippen LogP contribution in [0.1, 0.15) is 34.7 Å². The molecule has 1 heterocycles. The third-order valence-corrected chi connectivity index (χ3v) is 8.57. The van der Waals surface area contributed by atoms with Crippen LogP contribution in [0.15, 0.2) is 91.0 Å². The van der Waals surface area contributed by atoms with Crippen LogP contribution in [0.25, 0.3) is 28.0 Å². The van der Waals surface area contributed by atoms with Gasteiger partial charge in [-0.15, -0.1) is 0 Å². The molecular weight excluding hydrogens is 528 g/mol. The Bertz CT molecular complexity index is 1890. The molecule has 2 N–H and O–H groups in total. The van der Waals surface area contributed by atoms with E-state index in [0.717, 1.165) is 55.5 Å². The number of aromatic hydroxyl groups is 1. The van der Waals surface area contributed by atoms with E-state index in [1.165, 1.54) is 0 Å². The van der Waals surface area contributed by atoms with Gasteiger partial charge in [0.25, 0.3) is 0 Å². The van der Waals surface area contributed by atoms with Crippen molar-refractivity contribution < 1.29 is 29.2 Å². The van der Waals surface area contributed by atoms with Crippen molar-refractivity contribution in [3.05, 3.63) is 119 Å². The summed E-state index contributed by atoms with van der Waals surface area (Å²) in [5.41, 5.74) is 3.73. The van der Waals surface area contributed by atoms with Gasteiger partial charge in [-0.1, -0.05) is 54.6 Å². The van der Waals surface area contributed by atoms with E-state index in [1.807, 2.05) is 91.9 Å². The summed E-state index contributed by atoms with van der Waals surface area (Å²) in [5.74, 6) is 2.67. The van der Waals surface area contributed by atoms with Crippen LogP contribution in [0.5, 0.6) is 28.7 Å². The van der Waals surface area contributed by atoms with Crippen LogP contribution in [0.2, 0.25) is 0 Å². The molecule has 1 aliphatic carbocycles. The number of rotatable bonds is 5. The van der Waals surface area contributed by atoms with Crippen LogP contribution in [-0.2, 0) is 11.2 Å². The zero-order chi connectivity index (χ0) is 29.2. The van der Waals surface area contributed by atoms with E-state index in [1.54, 1.807) is 33.5 Å². The third kappa shape index (κ3) is 3.55. The Morgan fingerprint density at radius 3 is 2.00 bits per heavy atom. The van der Waals surface area contributed by atoms with Crippen molar-refractivity contribution >= 4 is 16.8 Å². The second-order valence-corrected chi connectivity index (χ2v) is 10.8. The zero-order valence-corrected chi connectivity index (χ0v) is 23.8. The molecule has 0 radical (unpaired) electrons. The SMILES string of the molecule is COc1ccc(C2(c3ccc(O)cc3)C=Cc3c4c(c5cc(OC)c(OC)cc5c3O2)-c2ccccc2C4(C)O)cc1. The average molecular weight is 559 g/mol. The predicted octanol–water partition coefficient (Wildman–Crippen LogP) is 7.16. The molecule has 2 atom stereocenters. The van der Waals surface area contributed by atoms with E-state index < -0.39 is 11.2 Å². The summed E-state index contributed by atoms with van der Waals surface area (Å²) < 4.78 is 24.1. The standard InChI is InChI=1S/C36H30O6/c1-35(38)29-8-6-5-7-25(29)32-27-19-30(40-3)31(41-4)20-28(27)34-26(33(32)35)17-18-36(42-34,21-9-13-23(37)14-10-21)22-11-15-24(39-2)16-12-22/h5-20,37-38H,1-4H3. The molecule has 0 bridgehead atoms. The number of phenolic OH excluding ortho intramolecular Hbond substituents is 1. The lowest BCUT2D eigenvalue weighted by atomic mass is 9.80. The molecule has 0 spiro atoms. The number of fused-ring (bicyclic) bond motifs is 8. The molecule has 5 aromatic carbocycles. The molecule has 5 aromatic rings. The molecule has 6 nitrogen and oxygen atoms in total. The van der Waals surface area contributed by atoms with Crippen molar-refractivity contribution in [2.45, 2.75) is 18.1 Å². The number of benzene rings is 5. The van der Waals surface area contributed by atoms with Gasteiger partial charge < -0.3 is 29.2 Å². The first-order valence-electron chi connectivity index (χ1n) is 13.7. The Hall–Kier alpha value is -4.94. The molecular formula is C36H30O6. The van der Waals surface area contributed by atoms with E-state index in [4.69, 9.17) is 18.9 Å². The lowest BCUT2D eigenvalue weighted by molar-refractivity contribution is 0.105. The Morgan fingerprint density at radius 1 is 0.738 bits per heavy atom. The van der Waals surface area contributed by atoms with Crippen LogP contribution < -0.4 is 18.9 Å². The average Bonchev–Trinajstić information content (AvgIpc) is 3.27. The molecule has 1 aliphatic heterocycles. The van der Waals surface area contributed by atoms with Crippen molar-refractivity contribution in [3.8, 4) is 39.9 Å². The summed E-state index contributed by atoms with van der Waals surface area (Å²) >= 11 is 0. The highest BCUT2D eigenvalue weighted by Gasteiger charge is 2.45. The number of methoxy groups -OCH3 is 3. The summed E-state index contributed by atoms with van der Waals surface area (Å²) in [6.45, 7) is 1.84. The zero-order valence-electron chi connectivity index (χ0n) is 23.8. The molecule has 0 fully saturated rings. The quantitative estimate of drug-likeness (QED) is 0.238. The Kier molecular flexibility index (Phi) is 5.75. The van der Waals surface area contributed by atoms with Gasteiger partial charge in [0, 0.05) is 27.6 Å². The maximum Gasteiger partial charge on any atom is 0.178 e. The summed E-state index contributed by atoms with van der Waals surface area (Å²) in [6, 6.07) is 26.7. The minimum Gasteiger partial charge on any atom is -0.508 e. The first-order chi connectivity index (χ1) is 20.3. The van der Waals surface area contributed by atoms with E-state index in [-0.39, 0.29) is 5.75 Å². The van der Waals surface area contributed by atoms with Crippen LogP contribution in [0, 0.1) is 0 Å². The minimum absolute atomic E-state index is 0.165. The summed E-state index contributed by atoms with van der Waals surface area (Å²) in [7, 11) is 4.86. The number of hydrogen-bond donors (Lipinski definition) is 2. The fourth-order valence-corrected chi connectivity index (χ4v) is 6.54. The Balaban J connectivity index is 1.58. The van der Waals surface area contributed by atoms with E-state index in [9.17, 15) is 10.2 Å². The van der Waals surface area contributed by atoms with Gasteiger partial charge in [-0.25, -0.2) is 0 Å². The number of phenols is 1. The van der Waals surface area contributed by atoms with Gasteiger partial charge in [0.15, 0.2) is 17.1 Å². The second-order valence-electron chi connectivity index (χ2n) is 10.8. The number of aliphatic hydroxyl groups is 1. The van der Waals surface area contributed by atoms with Crippen LogP contribution >= 0.6 is 0 Å². The van der Waals surface area contributed by atoms with Crippen molar-refractivity contribution in [1.29, 1.82) is 0 Å². The first-order valence-corrected chi connectivity index (χ1v) is 13.7. The van der Waals surface area contributed by atoms with Gasteiger partial charge in [0.05, 0.1) is 21.3 Å². The van der Waals surface area contributed by atoms with E-state index in [0.29, 0.717) is 17.2 Å². The fourth-order valence-electron chi connectivity index (χ4n) is 6.54. The molecule has 0 saturated heterocycles. The van der Waals surface area contributed by atoms with Crippen LogP contribution in [0.3, 0.4) is 0 Å². The molecule has 2 aliphatic rings. The largest absolute Gasteiger partial charge is 0.508 e. The van der Waals surface area contributed by atoms with Crippen LogP contribution in [-0.4, -0.2) is 31.5 Å². The molecule has 0 aromatic heterocycles. The fraction of sp³-hybridized carbons (Fsp3) is 0.167. The molecule has 7 rings (SSSR count). The molecule has 0 amide bonds. The van der Waals surface area contributed by atoms with Crippen molar-refractivity contribution in [2.75, 3.05) is 21.3 Å². The minimum atomic E-state index is -1.26.